The molecule has 1 nitrogen and oxygen atoms in total. The van der Waals surface area contributed by atoms with Gasteiger partial charge in [0.15, 0.2) is 11.6 Å². The predicted molar refractivity (Wildman–Crippen MR) is 82.3 cm³/mol. The molecular formula is C18H21F2N. The molecule has 0 spiro atoms. The summed E-state index contributed by atoms with van der Waals surface area (Å²) in [4.78, 5) is 0. The Balaban J connectivity index is 2.11. The quantitative estimate of drug-likeness (QED) is 0.822. The molecule has 0 fully saturated rings. The van der Waals surface area contributed by atoms with Gasteiger partial charge in [-0.05, 0) is 43.0 Å². The molecule has 1 N–H and O–H groups in total. The average molecular weight is 289 g/mol. The highest BCUT2D eigenvalue weighted by atomic mass is 19.2. The van der Waals surface area contributed by atoms with Gasteiger partial charge in [-0.3, -0.25) is 0 Å². The molecule has 0 aliphatic heterocycles. The lowest BCUT2D eigenvalue weighted by Gasteiger charge is -2.18. The fourth-order valence-corrected chi connectivity index (χ4v) is 2.50. The van der Waals surface area contributed by atoms with Gasteiger partial charge in [-0.15, -0.1) is 0 Å². The van der Waals surface area contributed by atoms with Crippen molar-refractivity contribution in [1.29, 1.82) is 0 Å². The Morgan fingerprint density at radius 3 is 2.38 bits per heavy atom. The van der Waals surface area contributed by atoms with E-state index in [0.29, 0.717) is 17.5 Å². The first-order valence-corrected chi connectivity index (χ1v) is 7.35. The Morgan fingerprint density at radius 2 is 1.71 bits per heavy atom. The van der Waals surface area contributed by atoms with Crippen LogP contribution in [0.5, 0.6) is 0 Å². The lowest BCUT2D eigenvalue weighted by atomic mass is 9.98. The van der Waals surface area contributed by atoms with E-state index in [9.17, 15) is 8.78 Å². The van der Waals surface area contributed by atoms with E-state index in [2.05, 4.69) is 17.4 Å². The summed E-state index contributed by atoms with van der Waals surface area (Å²) in [6.07, 6.45) is 1.24. The first-order valence-electron chi connectivity index (χ1n) is 7.35. The molecule has 0 aliphatic rings. The smallest absolute Gasteiger partial charge is 0.162 e. The molecule has 0 bridgehead atoms. The van der Waals surface area contributed by atoms with Gasteiger partial charge in [0.1, 0.15) is 0 Å². The van der Waals surface area contributed by atoms with Gasteiger partial charge in [-0.1, -0.05) is 49.4 Å². The van der Waals surface area contributed by atoms with Crippen LogP contribution in [0.15, 0.2) is 42.5 Å². The third-order valence-corrected chi connectivity index (χ3v) is 3.71. The molecule has 1 unspecified atom stereocenters. The number of rotatable bonds is 6. The summed E-state index contributed by atoms with van der Waals surface area (Å²) in [7, 11) is 0. The predicted octanol–water partition coefficient (Wildman–Crippen LogP) is 4.56. The van der Waals surface area contributed by atoms with Crippen molar-refractivity contribution in [3.63, 3.8) is 0 Å². The van der Waals surface area contributed by atoms with Crippen molar-refractivity contribution in [3.8, 4) is 0 Å². The van der Waals surface area contributed by atoms with Crippen molar-refractivity contribution in [2.75, 3.05) is 6.54 Å². The summed E-state index contributed by atoms with van der Waals surface area (Å²) in [5.74, 6) is -1.44. The van der Waals surface area contributed by atoms with Crippen LogP contribution in [0.3, 0.4) is 0 Å². The van der Waals surface area contributed by atoms with E-state index in [-0.39, 0.29) is 6.04 Å². The average Bonchev–Trinajstić information content (AvgIpc) is 2.51. The van der Waals surface area contributed by atoms with Gasteiger partial charge in [0, 0.05) is 6.04 Å². The van der Waals surface area contributed by atoms with Crippen molar-refractivity contribution in [2.45, 2.75) is 32.7 Å². The van der Waals surface area contributed by atoms with Crippen molar-refractivity contribution >= 4 is 0 Å². The summed E-state index contributed by atoms with van der Waals surface area (Å²) in [6.45, 7) is 4.46. The second-order valence-electron chi connectivity index (χ2n) is 5.23. The fourth-order valence-electron chi connectivity index (χ4n) is 2.50. The van der Waals surface area contributed by atoms with Gasteiger partial charge in [0.2, 0.25) is 0 Å². The molecule has 112 valence electrons. The molecular weight excluding hydrogens is 268 g/mol. The van der Waals surface area contributed by atoms with E-state index in [0.717, 1.165) is 13.0 Å². The third-order valence-electron chi connectivity index (χ3n) is 3.71. The molecule has 1 atom stereocenters. The molecule has 0 aliphatic carbocycles. The zero-order valence-electron chi connectivity index (χ0n) is 12.5. The van der Waals surface area contributed by atoms with Gasteiger partial charge in [-0.2, -0.15) is 0 Å². The van der Waals surface area contributed by atoms with Gasteiger partial charge in [0.25, 0.3) is 0 Å². The Labute approximate surface area is 125 Å². The minimum atomic E-state index is -0.729. The largest absolute Gasteiger partial charge is 0.310 e. The second-order valence-corrected chi connectivity index (χ2v) is 5.23. The van der Waals surface area contributed by atoms with E-state index in [1.54, 1.807) is 19.1 Å². The highest BCUT2D eigenvalue weighted by molar-refractivity contribution is 5.26. The third kappa shape index (κ3) is 3.88. The van der Waals surface area contributed by atoms with E-state index in [1.807, 2.05) is 25.1 Å². The Morgan fingerprint density at radius 1 is 1.00 bits per heavy atom. The molecule has 0 saturated heterocycles. The van der Waals surface area contributed by atoms with Crippen LogP contribution in [-0.4, -0.2) is 6.54 Å². The van der Waals surface area contributed by atoms with E-state index in [1.165, 1.54) is 5.56 Å². The monoisotopic (exact) mass is 289 g/mol. The number of hydrogen-bond donors (Lipinski definition) is 1. The van der Waals surface area contributed by atoms with Crippen molar-refractivity contribution in [3.05, 3.63) is 70.8 Å². The Bertz CT molecular complexity index is 581. The lowest BCUT2D eigenvalue weighted by molar-refractivity contribution is 0.477. The van der Waals surface area contributed by atoms with Crippen LogP contribution in [-0.2, 0) is 6.42 Å². The van der Waals surface area contributed by atoms with E-state index in [4.69, 9.17) is 0 Å². The maximum Gasteiger partial charge on any atom is 0.162 e. The number of halogens is 2. The SMILES string of the molecule is CCNC(CCc1ccc(C)c(F)c1F)c1ccccc1. The number of hydrogen-bond acceptors (Lipinski definition) is 1. The summed E-state index contributed by atoms with van der Waals surface area (Å²) in [6, 6.07) is 13.5. The molecule has 3 heteroatoms. The maximum absolute atomic E-state index is 13.9. The van der Waals surface area contributed by atoms with Crippen molar-refractivity contribution < 1.29 is 8.78 Å². The van der Waals surface area contributed by atoms with E-state index < -0.39 is 11.6 Å². The summed E-state index contributed by atoms with van der Waals surface area (Å²) in [5.41, 5.74) is 1.96. The highest BCUT2D eigenvalue weighted by Crippen LogP contribution is 2.22. The van der Waals surface area contributed by atoms with Gasteiger partial charge >= 0.3 is 0 Å². The highest BCUT2D eigenvalue weighted by Gasteiger charge is 2.14. The number of aryl methyl sites for hydroxylation is 2. The standard InChI is InChI=1S/C18H21F2N/c1-3-21-16(14-7-5-4-6-8-14)12-11-15-10-9-13(2)17(19)18(15)20/h4-10,16,21H,3,11-12H2,1-2H3. The molecule has 21 heavy (non-hydrogen) atoms. The fraction of sp³-hybridized carbons (Fsp3) is 0.333. The van der Waals surface area contributed by atoms with Crippen molar-refractivity contribution in [2.24, 2.45) is 0 Å². The van der Waals surface area contributed by atoms with Crippen LogP contribution < -0.4 is 5.32 Å². The summed E-state index contributed by atoms with van der Waals surface area (Å²) in [5, 5.41) is 3.40. The second kappa shape index (κ2) is 7.32. The molecule has 0 radical (unpaired) electrons. The zero-order chi connectivity index (χ0) is 15.2. The number of benzene rings is 2. The van der Waals surface area contributed by atoms with E-state index >= 15 is 0 Å². The van der Waals surface area contributed by atoms with Gasteiger partial charge in [0.05, 0.1) is 0 Å². The van der Waals surface area contributed by atoms with Crippen molar-refractivity contribution in [1.82, 2.24) is 5.32 Å². The first kappa shape index (κ1) is 15.6. The first-order chi connectivity index (χ1) is 10.1. The molecule has 0 saturated carbocycles. The van der Waals surface area contributed by atoms with Crippen LogP contribution in [0.2, 0.25) is 0 Å². The van der Waals surface area contributed by atoms with Crippen LogP contribution >= 0.6 is 0 Å². The molecule has 2 rings (SSSR count). The number of nitrogens with one attached hydrogen (secondary N) is 1. The molecule has 2 aromatic rings. The minimum absolute atomic E-state index is 0.153. The molecule has 2 aromatic carbocycles. The Kier molecular flexibility index (Phi) is 5.45. The maximum atomic E-state index is 13.9. The summed E-state index contributed by atoms with van der Waals surface area (Å²) < 4.78 is 27.5. The Hall–Kier alpha value is -1.74. The molecule has 0 amide bonds. The minimum Gasteiger partial charge on any atom is -0.310 e. The summed E-state index contributed by atoms with van der Waals surface area (Å²) >= 11 is 0. The lowest BCUT2D eigenvalue weighted by Crippen LogP contribution is -2.21. The van der Waals surface area contributed by atoms with Crippen LogP contribution in [0.4, 0.5) is 8.78 Å². The van der Waals surface area contributed by atoms with Gasteiger partial charge < -0.3 is 5.32 Å². The topological polar surface area (TPSA) is 12.0 Å². The van der Waals surface area contributed by atoms with Crippen LogP contribution in [0, 0.1) is 18.6 Å². The zero-order valence-corrected chi connectivity index (χ0v) is 12.5. The normalized spacial score (nSPS) is 12.4. The molecule has 0 aromatic heterocycles. The molecule has 0 heterocycles. The van der Waals surface area contributed by atoms with Crippen LogP contribution in [0.25, 0.3) is 0 Å². The van der Waals surface area contributed by atoms with Gasteiger partial charge in [-0.25, -0.2) is 8.78 Å². The van der Waals surface area contributed by atoms with Crippen LogP contribution in [0.1, 0.15) is 36.1 Å².